The molecule has 6 atom stereocenters. The molecule has 38 heavy (non-hydrogen) atoms. The van der Waals surface area contributed by atoms with Crippen molar-refractivity contribution in [1.29, 1.82) is 0 Å². The monoisotopic (exact) mass is 522 g/mol. The first-order valence-corrected chi connectivity index (χ1v) is 12.5. The van der Waals surface area contributed by atoms with Gasteiger partial charge in [-0.2, -0.15) is 0 Å². The van der Waals surface area contributed by atoms with E-state index in [-0.39, 0.29) is 19.8 Å². The molecule has 1 aliphatic carbocycles. The van der Waals surface area contributed by atoms with Crippen molar-refractivity contribution in [2.45, 2.75) is 63.4 Å². The van der Waals surface area contributed by atoms with Crippen LogP contribution in [0.25, 0.3) is 0 Å². The van der Waals surface area contributed by atoms with Crippen LogP contribution in [0.2, 0.25) is 0 Å². The van der Waals surface area contributed by atoms with Crippen molar-refractivity contribution in [3.8, 4) is 5.75 Å². The van der Waals surface area contributed by atoms with Crippen molar-refractivity contribution in [1.82, 2.24) is 0 Å². The van der Waals surface area contributed by atoms with E-state index >= 15 is 0 Å². The Morgan fingerprint density at radius 1 is 0.632 bits per heavy atom. The lowest BCUT2D eigenvalue weighted by Crippen LogP contribution is -2.66. The van der Waals surface area contributed by atoms with Gasteiger partial charge in [0, 0.05) is 6.92 Å². The van der Waals surface area contributed by atoms with Gasteiger partial charge in [0.25, 0.3) is 0 Å². The highest BCUT2D eigenvalue weighted by Gasteiger charge is 2.53. The van der Waals surface area contributed by atoms with Crippen molar-refractivity contribution >= 4 is 5.97 Å². The summed E-state index contributed by atoms with van der Waals surface area (Å²) in [6.45, 7) is 1.76. The molecule has 8 nitrogen and oxygen atoms in total. The summed E-state index contributed by atoms with van der Waals surface area (Å²) in [6.07, 6.45) is -6.75. The first-order chi connectivity index (χ1) is 18.5. The molecule has 1 fully saturated rings. The molecule has 3 aromatic rings. The minimum absolute atomic E-state index is 0.169. The van der Waals surface area contributed by atoms with E-state index in [1.54, 1.807) is 7.11 Å². The van der Waals surface area contributed by atoms with Gasteiger partial charge in [-0.1, -0.05) is 72.8 Å². The van der Waals surface area contributed by atoms with Crippen LogP contribution in [-0.4, -0.2) is 59.9 Å². The summed E-state index contributed by atoms with van der Waals surface area (Å²) in [7, 11) is 1.60. The lowest BCUT2D eigenvalue weighted by atomic mass is 9.84. The number of hydrogen-bond donors (Lipinski definition) is 2. The third kappa shape index (κ3) is 7.18. The zero-order chi connectivity index (χ0) is 26.9. The Morgan fingerprint density at radius 2 is 1.05 bits per heavy atom. The molecule has 0 bridgehead atoms. The van der Waals surface area contributed by atoms with E-state index in [4.69, 9.17) is 23.7 Å². The SMILES string of the molecule is COc1ccc(COC2[C@@H](OCc3ccccc3)[C@@H](O)C(OC(C)=O)[C@H](O)[C@H]2OCc2ccccc2)cc1. The molecule has 2 unspecified atom stereocenters. The van der Waals surface area contributed by atoms with Gasteiger partial charge in [0.05, 0.1) is 26.9 Å². The van der Waals surface area contributed by atoms with E-state index in [1.807, 2.05) is 84.9 Å². The van der Waals surface area contributed by atoms with Gasteiger partial charge in [-0.3, -0.25) is 4.79 Å². The fourth-order valence-corrected chi connectivity index (χ4v) is 4.51. The van der Waals surface area contributed by atoms with Gasteiger partial charge in [-0.25, -0.2) is 0 Å². The predicted molar refractivity (Wildman–Crippen MR) is 139 cm³/mol. The van der Waals surface area contributed by atoms with Crippen molar-refractivity contribution in [3.63, 3.8) is 0 Å². The second-order valence-electron chi connectivity index (χ2n) is 9.20. The standard InChI is InChI=1S/C30H34O8/c1-20(31)38-27-25(32)28(35-17-21-9-5-3-6-10-21)30(37-19-23-13-15-24(34-2)16-14-23)29(26(27)33)36-18-22-11-7-4-8-12-22/h3-16,25-30,32-33H,17-19H2,1-2H3/t25-,26-,27?,28-,29+,30?/m0/s1. The van der Waals surface area contributed by atoms with Crippen molar-refractivity contribution in [2.75, 3.05) is 7.11 Å². The highest BCUT2D eigenvalue weighted by Crippen LogP contribution is 2.32. The molecular formula is C30H34O8. The predicted octanol–water partition coefficient (Wildman–Crippen LogP) is 3.42. The third-order valence-electron chi connectivity index (χ3n) is 6.47. The van der Waals surface area contributed by atoms with Crippen LogP contribution < -0.4 is 4.74 Å². The van der Waals surface area contributed by atoms with Crippen LogP contribution in [0.4, 0.5) is 0 Å². The second kappa shape index (κ2) is 13.5. The fourth-order valence-electron chi connectivity index (χ4n) is 4.51. The molecule has 0 radical (unpaired) electrons. The van der Waals surface area contributed by atoms with Crippen LogP contribution in [0.15, 0.2) is 84.9 Å². The van der Waals surface area contributed by atoms with E-state index in [0.29, 0.717) is 0 Å². The molecule has 1 saturated carbocycles. The second-order valence-corrected chi connectivity index (χ2v) is 9.20. The van der Waals surface area contributed by atoms with Gasteiger partial charge >= 0.3 is 5.97 Å². The Labute approximate surface area is 222 Å². The van der Waals surface area contributed by atoms with Crippen LogP contribution in [0.1, 0.15) is 23.6 Å². The topological polar surface area (TPSA) is 104 Å². The maximum atomic E-state index is 11.9. The smallest absolute Gasteiger partial charge is 0.303 e. The van der Waals surface area contributed by atoms with Gasteiger partial charge in [-0.05, 0) is 28.8 Å². The maximum Gasteiger partial charge on any atom is 0.303 e. The van der Waals surface area contributed by atoms with Crippen molar-refractivity contribution in [2.24, 2.45) is 0 Å². The third-order valence-corrected chi connectivity index (χ3v) is 6.47. The Kier molecular flexibility index (Phi) is 9.86. The Hall–Kier alpha value is -3.27. The summed E-state index contributed by atoms with van der Waals surface area (Å²) in [6, 6.07) is 26.4. The van der Waals surface area contributed by atoms with Crippen LogP contribution >= 0.6 is 0 Å². The molecule has 2 N–H and O–H groups in total. The van der Waals surface area contributed by atoms with E-state index in [1.165, 1.54) is 6.92 Å². The molecule has 0 amide bonds. The quantitative estimate of drug-likeness (QED) is 0.370. The minimum Gasteiger partial charge on any atom is -0.497 e. The van der Waals surface area contributed by atoms with Crippen LogP contribution in [-0.2, 0) is 43.6 Å². The number of ether oxygens (including phenoxy) is 5. The lowest BCUT2D eigenvalue weighted by molar-refractivity contribution is -0.267. The average molecular weight is 523 g/mol. The number of esters is 1. The number of benzene rings is 3. The minimum atomic E-state index is -1.35. The zero-order valence-corrected chi connectivity index (χ0v) is 21.5. The van der Waals surface area contributed by atoms with E-state index in [0.717, 1.165) is 22.4 Å². The summed E-state index contributed by atoms with van der Waals surface area (Å²) in [5, 5.41) is 22.5. The van der Waals surface area contributed by atoms with Crippen LogP contribution in [0.3, 0.4) is 0 Å². The molecule has 3 aromatic carbocycles. The summed E-state index contributed by atoms with van der Waals surface area (Å²) in [4.78, 5) is 11.9. The molecule has 8 heteroatoms. The molecule has 0 aromatic heterocycles. The number of aliphatic hydroxyl groups excluding tert-OH is 2. The van der Waals surface area contributed by atoms with Crippen LogP contribution in [0, 0.1) is 0 Å². The fraction of sp³-hybridized carbons (Fsp3) is 0.367. The maximum absolute atomic E-state index is 11.9. The first kappa shape index (κ1) is 27.8. The Bertz CT molecular complexity index is 1060. The molecule has 0 aliphatic heterocycles. The number of carbonyl (C=O) groups excluding carboxylic acids is 1. The van der Waals surface area contributed by atoms with Crippen molar-refractivity contribution < 1.29 is 38.7 Å². The van der Waals surface area contributed by atoms with Gasteiger partial charge in [0.15, 0.2) is 6.10 Å². The number of carbonyl (C=O) groups is 1. The lowest BCUT2D eigenvalue weighted by Gasteiger charge is -2.46. The van der Waals surface area contributed by atoms with Crippen LogP contribution in [0.5, 0.6) is 5.75 Å². The summed E-state index contributed by atoms with van der Waals surface area (Å²) >= 11 is 0. The highest BCUT2D eigenvalue weighted by molar-refractivity contribution is 5.66. The van der Waals surface area contributed by atoms with Crippen molar-refractivity contribution in [3.05, 3.63) is 102 Å². The number of aliphatic hydroxyl groups is 2. The Balaban J connectivity index is 1.60. The molecule has 0 heterocycles. The largest absolute Gasteiger partial charge is 0.497 e. The molecular weight excluding hydrogens is 488 g/mol. The zero-order valence-electron chi connectivity index (χ0n) is 21.5. The van der Waals surface area contributed by atoms with Gasteiger partial charge in [-0.15, -0.1) is 0 Å². The average Bonchev–Trinajstić information content (AvgIpc) is 2.94. The van der Waals surface area contributed by atoms with E-state index in [9.17, 15) is 15.0 Å². The first-order valence-electron chi connectivity index (χ1n) is 12.5. The Morgan fingerprint density at radius 3 is 1.47 bits per heavy atom. The molecule has 0 spiro atoms. The van der Waals surface area contributed by atoms with E-state index < -0.39 is 42.6 Å². The van der Waals surface area contributed by atoms with E-state index in [2.05, 4.69) is 0 Å². The van der Waals surface area contributed by atoms with Gasteiger partial charge in [0.2, 0.25) is 0 Å². The molecule has 0 saturated heterocycles. The molecule has 4 rings (SSSR count). The molecule has 202 valence electrons. The number of methoxy groups -OCH3 is 1. The highest BCUT2D eigenvalue weighted by atomic mass is 16.6. The summed E-state index contributed by atoms with van der Waals surface area (Å²) < 4.78 is 29.2. The molecule has 1 aliphatic rings. The number of hydrogen-bond acceptors (Lipinski definition) is 8. The van der Waals surface area contributed by atoms with Gasteiger partial charge < -0.3 is 33.9 Å². The van der Waals surface area contributed by atoms with Gasteiger partial charge in [0.1, 0.15) is 36.3 Å². The summed E-state index contributed by atoms with van der Waals surface area (Å²) in [5.41, 5.74) is 2.65. The number of rotatable bonds is 11. The normalized spacial score (nSPS) is 25.1. The summed E-state index contributed by atoms with van der Waals surface area (Å²) in [5.74, 6) is 0.0870.